The SMILES string of the molecule is CCC(C)C(=O)CCCc1cccs1. The van der Waals surface area contributed by atoms with E-state index in [0.29, 0.717) is 5.78 Å². The molecule has 0 fully saturated rings. The average molecular weight is 210 g/mol. The Morgan fingerprint density at radius 1 is 1.57 bits per heavy atom. The summed E-state index contributed by atoms with van der Waals surface area (Å²) in [4.78, 5) is 12.9. The first-order chi connectivity index (χ1) is 6.74. The van der Waals surface area contributed by atoms with Crippen LogP contribution in [0.25, 0.3) is 0 Å². The Morgan fingerprint density at radius 3 is 2.93 bits per heavy atom. The number of hydrogen-bond acceptors (Lipinski definition) is 2. The molecule has 1 aromatic rings. The first-order valence-electron chi connectivity index (χ1n) is 5.29. The molecule has 1 nitrogen and oxygen atoms in total. The number of rotatable bonds is 6. The lowest BCUT2D eigenvalue weighted by Gasteiger charge is -2.05. The Hall–Kier alpha value is -0.630. The van der Waals surface area contributed by atoms with E-state index in [-0.39, 0.29) is 5.92 Å². The molecule has 1 unspecified atom stereocenters. The van der Waals surface area contributed by atoms with Gasteiger partial charge < -0.3 is 0 Å². The highest BCUT2D eigenvalue weighted by atomic mass is 32.1. The van der Waals surface area contributed by atoms with Crippen LogP contribution in [0.3, 0.4) is 0 Å². The van der Waals surface area contributed by atoms with Crippen LogP contribution in [0.2, 0.25) is 0 Å². The normalized spacial score (nSPS) is 12.7. The Bertz CT molecular complexity index is 264. The third-order valence-corrected chi connectivity index (χ3v) is 3.52. The zero-order chi connectivity index (χ0) is 10.4. The van der Waals surface area contributed by atoms with Crippen molar-refractivity contribution >= 4 is 17.1 Å². The zero-order valence-corrected chi connectivity index (χ0v) is 9.77. The molecule has 78 valence electrons. The smallest absolute Gasteiger partial charge is 0.135 e. The molecule has 1 heterocycles. The zero-order valence-electron chi connectivity index (χ0n) is 8.95. The first-order valence-corrected chi connectivity index (χ1v) is 6.17. The van der Waals surface area contributed by atoms with Gasteiger partial charge in [0.2, 0.25) is 0 Å². The summed E-state index contributed by atoms with van der Waals surface area (Å²) in [5.74, 6) is 0.669. The molecule has 1 atom stereocenters. The molecule has 0 aliphatic heterocycles. The fourth-order valence-electron chi connectivity index (χ4n) is 1.37. The summed E-state index contributed by atoms with van der Waals surface area (Å²) < 4.78 is 0. The van der Waals surface area contributed by atoms with Crippen LogP contribution in [0.15, 0.2) is 17.5 Å². The van der Waals surface area contributed by atoms with Gasteiger partial charge in [0.05, 0.1) is 0 Å². The number of aryl methyl sites for hydroxylation is 1. The Morgan fingerprint density at radius 2 is 2.36 bits per heavy atom. The van der Waals surface area contributed by atoms with Gasteiger partial charge >= 0.3 is 0 Å². The van der Waals surface area contributed by atoms with Gasteiger partial charge in [-0.15, -0.1) is 11.3 Å². The van der Waals surface area contributed by atoms with Crippen molar-refractivity contribution in [2.75, 3.05) is 0 Å². The minimum Gasteiger partial charge on any atom is -0.299 e. The van der Waals surface area contributed by atoms with Crippen molar-refractivity contribution in [2.45, 2.75) is 39.5 Å². The molecular formula is C12H18OS. The highest BCUT2D eigenvalue weighted by molar-refractivity contribution is 7.09. The molecule has 1 aromatic heterocycles. The average Bonchev–Trinajstić information content (AvgIpc) is 2.69. The van der Waals surface area contributed by atoms with Crippen LogP contribution in [-0.4, -0.2) is 5.78 Å². The van der Waals surface area contributed by atoms with E-state index in [4.69, 9.17) is 0 Å². The lowest BCUT2D eigenvalue weighted by atomic mass is 9.99. The molecular weight excluding hydrogens is 192 g/mol. The molecule has 2 heteroatoms. The summed E-state index contributed by atoms with van der Waals surface area (Å²) in [5.41, 5.74) is 0. The Labute approximate surface area is 90.2 Å². The van der Waals surface area contributed by atoms with E-state index in [2.05, 4.69) is 24.4 Å². The highest BCUT2D eigenvalue weighted by Gasteiger charge is 2.09. The van der Waals surface area contributed by atoms with E-state index in [9.17, 15) is 4.79 Å². The summed E-state index contributed by atoms with van der Waals surface area (Å²) >= 11 is 1.78. The van der Waals surface area contributed by atoms with E-state index in [1.807, 2.05) is 6.92 Å². The molecule has 0 aliphatic carbocycles. The molecule has 0 amide bonds. The van der Waals surface area contributed by atoms with Crippen molar-refractivity contribution in [3.63, 3.8) is 0 Å². The molecule has 0 saturated carbocycles. The fourth-order valence-corrected chi connectivity index (χ4v) is 2.12. The first kappa shape index (κ1) is 11.4. The topological polar surface area (TPSA) is 17.1 Å². The maximum absolute atomic E-state index is 11.5. The Balaban J connectivity index is 2.18. The third kappa shape index (κ3) is 3.62. The molecule has 0 spiro atoms. The second-order valence-electron chi connectivity index (χ2n) is 3.71. The second-order valence-corrected chi connectivity index (χ2v) is 4.74. The van der Waals surface area contributed by atoms with E-state index in [1.165, 1.54) is 4.88 Å². The summed E-state index contributed by atoms with van der Waals surface area (Å²) in [7, 11) is 0. The van der Waals surface area contributed by atoms with Gasteiger partial charge in [-0.3, -0.25) is 4.79 Å². The fraction of sp³-hybridized carbons (Fsp3) is 0.583. The van der Waals surface area contributed by atoms with Crippen LogP contribution in [-0.2, 0) is 11.2 Å². The number of hydrogen-bond donors (Lipinski definition) is 0. The standard InChI is InChI=1S/C12H18OS/c1-3-10(2)12(13)8-4-6-11-7-5-9-14-11/h5,7,9-10H,3-4,6,8H2,1-2H3. The number of carbonyl (C=O) groups is 1. The number of thiophene rings is 1. The third-order valence-electron chi connectivity index (χ3n) is 2.59. The second kappa shape index (κ2) is 5.97. The summed E-state index contributed by atoms with van der Waals surface area (Å²) in [6.45, 7) is 4.09. The van der Waals surface area contributed by atoms with Gasteiger partial charge in [0.15, 0.2) is 0 Å². The maximum Gasteiger partial charge on any atom is 0.135 e. The number of carbonyl (C=O) groups excluding carboxylic acids is 1. The predicted molar refractivity (Wildman–Crippen MR) is 61.7 cm³/mol. The van der Waals surface area contributed by atoms with E-state index in [1.54, 1.807) is 11.3 Å². The number of Topliss-reactive ketones (excluding diaryl/α,β-unsaturated/α-hetero) is 1. The van der Waals surface area contributed by atoms with Crippen LogP contribution in [0.1, 0.15) is 38.0 Å². The van der Waals surface area contributed by atoms with Crippen molar-refractivity contribution < 1.29 is 4.79 Å². The van der Waals surface area contributed by atoms with Gasteiger partial charge in [-0.25, -0.2) is 0 Å². The van der Waals surface area contributed by atoms with Gasteiger partial charge in [0, 0.05) is 17.2 Å². The molecule has 0 aliphatic rings. The lowest BCUT2D eigenvalue weighted by Crippen LogP contribution is -2.09. The molecule has 0 N–H and O–H groups in total. The maximum atomic E-state index is 11.5. The summed E-state index contributed by atoms with van der Waals surface area (Å²) in [5, 5.41) is 2.09. The van der Waals surface area contributed by atoms with E-state index >= 15 is 0 Å². The quantitative estimate of drug-likeness (QED) is 0.700. The van der Waals surface area contributed by atoms with Crippen LogP contribution >= 0.6 is 11.3 Å². The van der Waals surface area contributed by atoms with Gasteiger partial charge in [-0.1, -0.05) is 19.9 Å². The van der Waals surface area contributed by atoms with Crippen molar-refractivity contribution in [1.29, 1.82) is 0 Å². The summed E-state index contributed by atoms with van der Waals surface area (Å²) in [6.07, 6.45) is 3.77. The molecule has 1 rings (SSSR count). The van der Waals surface area contributed by atoms with Gasteiger partial charge in [0.25, 0.3) is 0 Å². The minimum atomic E-state index is 0.248. The predicted octanol–water partition coefficient (Wildman–Crippen LogP) is 3.69. The van der Waals surface area contributed by atoms with Gasteiger partial charge in [-0.2, -0.15) is 0 Å². The van der Waals surface area contributed by atoms with Crippen LogP contribution in [0.5, 0.6) is 0 Å². The Kier molecular flexibility index (Phi) is 4.88. The molecule has 0 bridgehead atoms. The number of ketones is 1. The molecule has 0 aromatic carbocycles. The van der Waals surface area contributed by atoms with Crippen molar-refractivity contribution in [2.24, 2.45) is 5.92 Å². The van der Waals surface area contributed by atoms with Crippen LogP contribution in [0.4, 0.5) is 0 Å². The van der Waals surface area contributed by atoms with Crippen molar-refractivity contribution in [3.8, 4) is 0 Å². The van der Waals surface area contributed by atoms with Crippen LogP contribution < -0.4 is 0 Å². The monoisotopic (exact) mass is 210 g/mol. The molecule has 14 heavy (non-hydrogen) atoms. The van der Waals surface area contributed by atoms with E-state index < -0.39 is 0 Å². The largest absolute Gasteiger partial charge is 0.299 e. The van der Waals surface area contributed by atoms with Crippen molar-refractivity contribution in [1.82, 2.24) is 0 Å². The highest BCUT2D eigenvalue weighted by Crippen LogP contribution is 2.14. The lowest BCUT2D eigenvalue weighted by molar-refractivity contribution is -0.122. The van der Waals surface area contributed by atoms with Gasteiger partial charge in [0.1, 0.15) is 5.78 Å². The van der Waals surface area contributed by atoms with E-state index in [0.717, 1.165) is 25.7 Å². The molecule has 0 saturated heterocycles. The van der Waals surface area contributed by atoms with Crippen LogP contribution in [0, 0.1) is 5.92 Å². The summed E-state index contributed by atoms with van der Waals surface area (Å²) in [6, 6.07) is 4.20. The van der Waals surface area contributed by atoms with Crippen molar-refractivity contribution in [3.05, 3.63) is 22.4 Å². The van der Waals surface area contributed by atoms with Gasteiger partial charge in [-0.05, 0) is 30.7 Å². The minimum absolute atomic E-state index is 0.248. The molecule has 0 radical (unpaired) electrons.